The van der Waals surface area contributed by atoms with Crippen molar-refractivity contribution in [1.82, 2.24) is 4.98 Å². The SMILES string of the molecule is CC1CC(C)N(c2cccc(NN)n2)C1. The second-order valence-electron chi connectivity index (χ2n) is 4.37. The molecule has 0 aliphatic carbocycles. The second-order valence-corrected chi connectivity index (χ2v) is 4.37. The maximum absolute atomic E-state index is 5.35. The fraction of sp³-hybridized carbons (Fsp3) is 0.545. The molecule has 1 aromatic rings. The van der Waals surface area contributed by atoms with Gasteiger partial charge in [-0.2, -0.15) is 0 Å². The normalized spacial score (nSPS) is 25.7. The van der Waals surface area contributed by atoms with Gasteiger partial charge in [-0.3, -0.25) is 0 Å². The molecule has 2 atom stereocenters. The Labute approximate surface area is 90.5 Å². The average Bonchev–Trinajstić information content (AvgIpc) is 2.58. The van der Waals surface area contributed by atoms with Gasteiger partial charge in [0.1, 0.15) is 11.6 Å². The Morgan fingerprint density at radius 2 is 2.27 bits per heavy atom. The summed E-state index contributed by atoms with van der Waals surface area (Å²) in [6, 6.07) is 6.46. The molecule has 1 saturated heterocycles. The molecule has 1 aliphatic heterocycles. The molecule has 2 heterocycles. The molecule has 1 aromatic heterocycles. The molecule has 2 rings (SSSR count). The van der Waals surface area contributed by atoms with Crippen LogP contribution < -0.4 is 16.2 Å². The highest BCUT2D eigenvalue weighted by atomic mass is 15.3. The number of aromatic nitrogens is 1. The van der Waals surface area contributed by atoms with Crippen molar-refractivity contribution in [3.63, 3.8) is 0 Å². The molecule has 4 heteroatoms. The van der Waals surface area contributed by atoms with Gasteiger partial charge in [-0.25, -0.2) is 10.8 Å². The first-order valence-electron chi connectivity index (χ1n) is 5.41. The number of nitrogen functional groups attached to an aromatic ring is 1. The van der Waals surface area contributed by atoms with E-state index in [0.29, 0.717) is 6.04 Å². The third kappa shape index (κ3) is 2.04. The number of anilines is 2. The first-order chi connectivity index (χ1) is 7.20. The van der Waals surface area contributed by atoms with Gasteiger partial charge in [-0.15, -0.1) is 0 Å². The van der Waals surface area contributed by atoms with E-state index in [1.54, 1.807) is 0 Å². The fourth-order valence-electron chi connectivity index (χ4n) is 2.28. The van der Waals surface area contributed by atoms with Crippen molar-refractivity contribution in [2.45, 2.75) is 26.3 Å². The molecule has 0 saturated carbocycles. The Balaban J connectivity index is 2.21. The number of hydrogen-bond donors (Lipinski definition) is 2. The van der Waals surface area contributed by atoms with Gasteiger partial charge in [0, 0.05) is 12.6 Å². The highest BCUT2D eigenvalue weighted by Gasteiger charge is 2.26. The number of nitrogens with zero attached hydrogens (tertiary/aromatic N) is 2. The Bertz CT molecular complexity index is 339. The maximum Gasteiger partial charge on any atom is 0.142 e. The molecule has 82 valence electrons. The number of pyridine rings is 1. The summed E-state index contributed by atoms with van der Waals surface area (Å²) in [5.41, 5.74) is 2.58. The summed E-state index contributed by atoms with van der Waals surface area (Å²) in [6.07, 6.45) is 1.24. The average molecular weight is 206 g/mol. The van der Waals surface area contributed by atoms with Crippen molar-refractivity contribution in [3.05, 3.63) is 18.2 Å². The summed E-state index contributed by atoms with van der Waals surface area (Å²) in [5.74, 6) is 7.83. The van der Waals surface area contributed by atoms with E-state index in [1.165, 1.54) is 6.42 Å². The molecule has 0 spiro atoms. The summed E-state index contributed by atoms with van der Waals surface area (Å²) in [4.78, 5) is 6.79. The molecule has 1 aliphatic rings. The lowest BCUT2D eigenvalue weighted by atomic mass is 10.1. The topological polar surface area (TPSA) is 54.2 Å². The van der Waals surface area contributed by atoms with Crippen LogP contribution in [-0.4, -0.2) is 17.6 Å². The third-order valence-electron chi connectivity index (χ3n) is 2.96. The minimum atomic E-state index is 0.570. The Hall–Kier alpha value is -1.29. The lowest BCUT2D eigenvalue weighted by molar-refractivity contribution is 0.625. The number of nitrogens with two attached hydrogens (primary N) is 1. The molecule has 0 radical (unpaired) electrons. The zero-order chi connectivity index (χ0) is 10.8. The summed E-state index contributed by atoms with van der Waals surface area (Å²) < 4.78 is 0. The molecule has 15 heavy (non-hydrogen) atoms. The minimum Gasteiger partial charge on any atom is -0.354 e. The van der Waals surface area contributed by atoms with Crippen LogP contribution in [0.15, 0.2) is 18.2 Å². The van der Waals surface area contributed by atoms with Crippen molar-refractivity contribution in [2.75, 3.05) is 16.9 Å². The lowest BCUT2D eigenvalue weighted by Crippen LogP contribution is -2.27. The molecule has 0 amide bonds. The van der Waals surface area contributed by atoms with Crippen molar-refractivity contribution >= 4 is 11.6 Å². The van der Waals surface area contributed by atoms with Gasteiger partial charge in [0.25, 0.3) is 0 Å². The maximum atomic E-state index is 5.35. The zero-order valence-electron chi connectivity index (χ0n) is 9.27. The van der Waals surface area contributed by atoms with Crippen LogP contribution in [0.1, 0.15) is 20.3 Å². The van der Waals surface area contributed by atoms with E-state index in [-0.39, 0.29) is 0 Å². The van der Waals surface area contributed by atoms with Crippen LogP contribution in [0, 0.1) is 5.92 Å². The Kier molecular flexibility index (Phi) is 2.77. The molecule has 4 nitrogen and oxygen atoms in total. The lowest BCUT2D eigenvalue weighted by Gasteiger charge is -2.22. The molecular formula is C11H18N4. The number of hydrogen-bond acceptors (Lipinski definition) is 4. The van der Waals surface area contributed by atoms with Crippen molar-refractivity contribution in [1.29, 1.82) is 0 Å². The summed E-state index contributed by atoms with van der Waals surface area (Å²) in [6.45, 7) is 5.61. The molecule has 0 bridgehead atoms. The quantitative estimate of drug-likeness (QED) is 0.570. The highest BCUT2D eigenvalue weighted by Crippen LogP contribution is 2.27. The van der Waals surface area contributed by atoms with Gasteiger partial charge in [-0.05, 0) is 31.4 Å². The van der Waals surface area contributed by atoms with Gasteiger partial charge in [0.15, 0.2) is 0 Å². The Morgan fingerprint density at radius 3 is 2.87 bits per heavy atom. The van der Waals surface area contributed by atoms with Crippen molar-refractivity contribution in [2.24, 2.45) is 11.8 Å². The summed E-state index contributed by atoms with van der Waals surface area (Å²) in [7, 11) is 0. The molecule has 1 fully saturated rings. The van der Waals surface area contributed by atoms with Gasteiger partial charge in [-0.1, -0.05) is 13.0 Å². The predicted octanol–water partition coefficient (Wildman–Crippen LogP) is 1.60. The number of hydrazine groups is 1. The fourth-order valence-corrected chi connectivity index (χ4v) is 2.28. The smallest absolute Gasteiger partial charge is 0.142 e. The van der Waals surface area contributed by atoms with Gasteiger partial charge in [0.05, 0.1) is 0 Å². The predicted molar refractivity (Wildman–Crippen MR) is 62.6 cm³/mol. The molecule has 2 unspecified atom stereocenters. The second kappa shape index (κ2) is 4.06. The highest BCUT2D eigenvalue weighted by molar-refractivity contribution is 5.47. The standard InChI is InChI=1S/C11H18N4/c1-8-6-9(2)15(7-8)11-5-3-4-10(13-11)14-12/h3-5,8-9H,6-7,12H2,1-2H3,(H,13,14). The third-order valence-corrected chi connectivity index (χ3v) is 2.96. The van der Waals surface area contributed by atoms with E-state index in [1.807, 2.05) is 18.2 Å². The van der Waals surface area contributed by atoms with Crippen LogP contribution in [0.5, 0.6) is 0 Å². The first kappa shape index (κ1) is 10.2. The van der Waals surface area contributed by atoms with Gasteiger partial charge in [0.2, 0.25) is 0 Å². The van der Waals surface area contributed by atoms with E-state index < -0.39 is 0 Å². The summed E-state index contributed by atoms with van der Waals surface area (Å²) in [5, 5.41) is 0. The van der Waals surface area contributed by atoms with E-state index in [2.05, 4.69) is 29.2 Å². The van der Waals surface area contributed by atoms with Gasteiger partial charge < -0.3 is 10.3 Å². The van der Waals surface area contributed by atoms with Crippen LogP contribution in [0.2, 0.25) is 0 Å². The zero-order valence-corrected chi connectivity index (χ0v) is 9.27. The number of rotatable bonds is 2. The van der Waals surface area contributed by atoms with E-state index >= 15 is 0 Å². The van der Waals surface area contributed by atoms with Crippen LogP contribution >= 0.6 is 0 Å². The van der Waals surface area contributed by atoms with Crippen LogP contribution in [0.25, 0.3) is 0 Å². The van der Waals surface area contributed by atoms with Gasteiger partial charge >= 0.3 is 0 Å². The van der Waals surface area contributed by atoms with E-state index in [0.717, 1.165) is 24.1 Å². The molecule has 0 aromatic carbocycles. The largest absolute Gasteiger partial charge is 0.354 e. The van der Waals surface area contributed by atoms with Crippen LogP contribution in [0.4, 0.5) is 11.6 Å². The Morgan fingerprint density at radius 1 is 1.47 bits per heavy atom. The van der Waals surface area contributed by atoms with Crippen molar-refractivity contribution in [3.8, 4) is 0 Å². The van der Waals surface area contributed by atoms with Crippen LogP contribution in [-0.2, 0) is 0 Å². The summed E-state index contributed by atoms with van der Waals surface area (Å²) >= 11 is 0. The molecular weight excluding hydrogens is 188 g/mol. The monoisotopic (exact) mass is 206 g/mol. The number of nitrogens with one attached hydrogen (secondary N) is 1. The molecule has 3 N–H and O–H groups in total. The van der Waals surface area contributed by atoms with E-state index in [4.69, 9.17) is 5.84 Å². The first-order valence-corrected chi connectivity index (χ1v) is 5.41. The van der Waals surface area contributed by atoms with Crippen molar-refractivity contribution < 1.29 is 0 Å². The minimum absolute atomic E-state index is 0.570. The van der Waals surface area contributed by atoms with E-state index in [9.17, 15) is 0 Å². The van der Waals surface area contributed by atoms with Crippen LogP contribution in [0.3, 0.4) is 0 Å².